The van der Waals surface area contributed by atoms with Gasteiger partial charge in [0.05, 0.1) is 5.52 Å². The minimum Gasteiger partial charge on any atom is -0.381 e. The van der Waals surface area contributed by atoms with E-state index in [0.29, 0.717) is 0 Å². The Bertz CT molecular complexity index is 2680. The number of allylic oxidation sites excluding steroid dienone is 2. The summed E-state index contributed by atoms with van der Waals surface area (Å²) in [5, 5.41) is 7.49. The van der Waals surface area contributed by atoms with E-state index in [4.69, 9.17) is 0 Å². The van der Waals surface area contributed by atoms with Crippen LogP contribution < -0.4 is 15.9 Å². The van der Waals surface area contributed by atoms with Crippen LogP contribution in [0.2, 0.25) is 0 Å². The van der Waals surface area contributed by atoms with Crippen LogP contribution in [-0.2, 0) is 0 Å². The summed E-state index contributed by atoms with van der Waals surface area (Å²) in [5.41, 5.74) is 11.4. The van der Waals surface area contributed by atoms with E-state index in [-0.39, 0.29) is 5.92 Å². The highest BCUT2D eigenvalue weighted by atomic mass is 32.2. The second kappa shape index (κ2) is 12.7. The van der Waals surface area contributed by atoms with E-state index < -0.39 is 0 Å². The van der Waals surface area contributed by atoms with Gasteiger partial charge in [-0.15, -0.1) is 0 Å². The van der Waals surface area contributed by atoms with Gasteiger partial charge in [0, 0.05) is 64.9 Å². The monoisotopic (exact) mass is 690 g/mol. The molecule has 7 aromatic rings. The maximum absolute atomic E-state index is 3.58. The van der Waals surface area contributed by atoms with Crippen molar-refractivity contribution in [1.29, 1.82) is 0 Å². The Balaban J connectivity index is 1.19. The summed E-state index contributed by atoms with van der Waals surface area (Å²) in [4.78, 5) is 5.11. The van der Waals surface area contributed by atoms with Crippen molar-refractivity contribution >= 4 is 52.3 Å². The van der Waals surface area contributed by atoms with Crippen LogP contribution in [0.1, 0.15) is 23.5 Å². The highest BCUT2D eigenvalue weighted by Crippen LogP contribution is 2.51. The Morgan fingerprint density at radius 1 is 0.627 bits per heavy atom. The molecular formula is C47H34N2S2. The van der Waals surface area contributed by atoms with E-state index in [0.717, 1.165) is 18.7 Å². The lowest BCUT2D eigenvalue weighted by Crippen LogP contribution is -2.31. The number of dihydropyridines is 1. The Morgan fingerprint density at radius 3 is 2.22 bits per heavy atom. The molecule has 2 nitrogen and oxygen atoms in total. The SMILES string of the molecule is C1=CCNC(c2ccc3c(c2)Sc2cccc(C4C=c5c(n(-c6ccccc6)c6ccccc56)=CC4)c2-c2ccccc2Sc2ccccc2-3)=C1. The normalized spacial score (nSPS) is 15.8. The topological polar surface area (TPSA) is 17.0 Å². The van der Waals surface area contributed by atoms with Gasteiger partial charge in [0.25, 0.3) is 0 Å². The van der Waals surface area contributed by atoms with Crippen molar-refractivity contribution in [2.75, 3.05) is 6.54 Å². The predicted molar refractivity (Wildman–Crippen MR) is 216 cm³/mol. The number of benzene rings is 6. The van der Waals surface area contributed by atoms with E-state index in [1.54, 1.807) is 0 Å². The first-order valence-electron chi connectivity index (χ1n) is 17.6. The molecule has 0 radical (unpaired) electrons. The molecule has 3 heterocycles. The Morgan fingerprint density at radius 2 is 1.35 bits per heavy atom. The third kappa shape index (κ3) is 5.29. The van der Waals surface area contributed by atoms with Crippen molar-refractivity contribution in [3.05, 3.63) is 179 Å². The predicted octanol–water partition coefficient (Wildman–Crippen LogP) is 10.8. The summed E-state index contributed by atoms with van der Waals surface area (Å²) in [6, 6.07) is 51.5. The summed E-state index contributed by atoms with van der Waals surface area (Å²) in [6.07, 6.45) is 12.4. The average Bonchev–Trinajstić information content (AvgIpc) is 3.53. The molecule has 6 aromatic carbocycles. The fourth-order valence-corrected chi connectivity index (χ4v) is 10.2. The van der Waals surface area contributed by atoms with Gasteiger partial charge in [-0.3, -0.25) is 0 Å². The van der Waals surface area contributed by atoms with Crippen LogP contribution in [-0.4, -0.2) is 11.1 Å². The van der Waals surface area contributed by atoms with E-state index in [1.807, 2.05) is 23.5 Å². The standard InChI is InChI=1S/C47H34N2S2/c1-2-13-33(14-3-1)49-41-20-7-4-15-35(41)39-29-31(25-27-42(39)49)34-18-12-23-45-47(34)38-17-6-9-22-44(38)50-43-21-8-5-16-36(43)37-26-24-32(30-46(37)51-45)40-19-10-11-28-48-40/h1-24,26-27,29-31,48H,25,28H2. The molecule has 244 valence electrons. The zero-order valence-electron chi connectivity index (χ0n) is 27.9. The molecule has 0 spiro atoms. The molecule has 4 heteroatoms. The van der Waals surface area contributed by atoms with Crippen molar-refractivity contribution in [3.8, 4) is 27.9 Å². The summed E-state index contributed by atoms with van der Waals surface area (Å²) < 4.78 is 2.43. The summed E-state index contributed by atoms with van der Waals surface area (Å²) in [5.74, 6) is 0.227. The second-order valence-corrected chi connectivity index (χ2v) is 15.4. The molecule has 0 saturated carbocycles. The van der Waals surface area contributed by atoms with Crippen LogP contribution >= 0.6 is 23.5 Å². The highest BCUT2D eigenvalue weighted by molar-refractivity contribution is 8.00. The number of nitrogens with one attached hydrogen (secondary N) is 1. The molecule has 51 heavy (non-hydrogen) atoms. The van der Waals surface area contributed by atoms with Crippen molar-refractivity contribution in [2.45, 2.75) is 31.9 Å². The Labute approximate surface area is 306 Å². The fourth-order valence-electron chi connectivity index (χ4n) is 7.90. The average molecular weight is 691 g/mol. The molecule has 0 amide bonds. The molecule has 10 rings (SSSR count). The molecule has 1 unspecified atom stereocenters. The zero-order valence-corrected chi connectivity index (χ0v) is 29.6. The van der Waals surface area contributed by atoms with Gasteiger partial charge in [0.15, 0.2) is 0 Å². The molecule has 0 bridgehead atoms. The number of hydrogen-bond donors (Lipinski definition) is 1. The molecule has 1 N–H and O–H groups in total. The van der Waals surface area contributed by atoms with Crippen molar-refractivity contribution in [2.24, 2.45) is 0 Å². The van der Waals surface area contributed by atoms with Gasteiger partial charge >= 0.3 is 0 Å². The van der Waals surface area contributed by atoms with Gasteiger partial charge in [-0.2, -0.15) is 0 Å². The fraction of sp³-hybridized carbons (Fsp3) is 0.0638. The van der Waals surface area contributed by atoms with Gasteiger partial charge in [0.2, 0.25) is 0 Å². The van der Waals surface area contributed by atoms with Crippen LogP contribution in [0, 0.1) is 0 Å². The minimum atomic E-state index is 0.227. The molecule has 1 aliphatic carbocycles. The first kappa shape index (κ1) is 30.4. The van der Waals surface area contributed by atoms with Crippen LogP contribution in [0.5, 0.6) is 0 Å². The molecule has 3 aliphatic rings. The van der Waals surface area contributed by atoms with Crippen molar-refractivity contribution in [1.82, 2.24) is 9.88 Å². The van der Waals surface area contributed by atoms with Crippen LogP contribution in [0.3, 0.4) is 0 Å². The zero-order chi connectivity index (χ0) is 33.7. The summed E-state index contributed by atoms with van der Waals surface area (Å²) in [7, 11) is 0. The molecule has 2 aliphatic heterocycles. The van der Waals surface area contributed by atoms with Gasteiger partial charge in [-0.05, 0) is 82.8 Å². The van der Waals surface area contributed by atoms with E-state index >= 15 is 0 Å². The molecule has 1 aromatic heterocycles. The largest absolute Gasteiger partial charge is 0.381 e. The highest BCUT2D eigenvalue weighted by Gasteiger charge is 2.25. The van der Waals surface area contributed by atoms with Crippen molar-refractivity contribution < 1.29 is 0 Å². The third-order valence-electron chi connectivity index (χ3n) is 10.2. The van der Waals surface area contributed by atoms with E-state index in [2.05, 4.69) is 180 Å². The van der Waals surface area contributed by atoms with Crippen LogP contribution in [0.4, 0.5) is 0 Å². The Kier molecular flexibility index (Phi) is 7.59. The lowest BCUT2D eigenvalue weighted by atomic mass is 9.86. The Hall–Kier alpha value is -5.42. The minimum absolute atomic E-state index is 0.227. The maximum Gasteiger partial charge on any atom is 0.0540 e. The maximum atomic E-state index is 3.58. The van der Waals surface area contributed by atoms with Gasteiger partial charge in [-0.1, -0.05) is 145 Å². The molecule has 0 fully saturated rings. The number of hydrogen-bond acceptors (Lipinski definition) is 3. The number of fused-ring (bicyclic) bond motifs is 9. The van der Waals surface area contributed by atoms with Crippen LogP contribution in [0.25, 0.3) is 56.7 Å². The third-order valence-corrected chi connectivity index (χ3v) is 12.5. The quantitative estimate of drug-likeness (QED) is 0.199. The first-order chi connectivity index (χ1) is 25.3. The van der Waals surface area contributed by atoms with Gasteiger partial charge in [0.1, 0.15) is 0 Å². The molecule has 1 atom stereocenters. The van der Waals surface area contributed by atoms with E-state index in [9.17, 15) is 0 Å². The summed E-state index contributed by atoms with van der Waals surface area (Å²) >= 11 is 3.78. The number of aromatic nitrogens is 1. The van der Waals surface area contributed by atoms with Gasteiger partial charge < -0.3 is 9.88 Å². The number of nitrogens with zero attached hydrogens (tertiary/aromatic N) is 1. The molecular weight excluding hydrogens is 657 g/mol. The lowest BCUT2D eigenvalue weighted by molar-refractivity contribution is 0.904. The van der Waals surface area contributed by atoms with Crippen LogP contribution in [0.15, 0.2) is 177 Å². The number of rotatable bonds is 3. The molecule has 0 saturated heterocycles. The van der Waals surface area contributed by atoms with E-state index in [1.165, 1.54) is 80.1 Å². The smallest absolute Gasteiger partial charge is 0.0540 e. The first-order valence-corrected chi connectivity index (χ1v) is 19.2. The van der Waals surface area contributed by atoms with Gasteiger partial charge in [-0.25, -0.2) is 0 Å². The van der Waals surface area contributed by atoms with Crippen molar-refractivity contribution in [3.63, 3.8) is 0 Å². The summed E-state index contributed by atoms with van der Waals surface area (Å²) in [6.45, 7) is 0.846. The number of para-hydroxylation sites is 2. The second-order valence-electron chi connectivity index (χ2n) is 13.2. The lowest BCUT2D eigenvalue weighted by Gasteiger charge is -2.25.